The van der Waals surface area contributed by atoms with Crippen LogP contribution in [-0.2, 0) is 9.53 Å². The van der Waals surface area contributed by atoms with Gasteiger partial charge in [-0.25, -0.2) is 0 Å². The van der Waals surface area contributed by atoms with Crippen LogP contribution in [0, 0.1) is 0 Å². The third kappa shape index (κ3) is 4.58. The molecule has 0 aromatic heterocycles. The molecule has 0 aliphatic carbocycles. The minimum atomic E-state index is -1.07. The number of hydrogen-bond acceptors (Lipinski definition) is 3. The molecular weight excluding hydrogens is 182 g/mol. The molecule has 1 unspecified atom stereocenters. The Morgan fingerprint density at radius 1 is 1.43 bits per heavy atom. The van der Waals surface area contributed by atoms with Gasteiger partial charge in [-0.2, -0.15) is 0 Å². The molecule has 0 heterocycles. The first-order chi connectivity index (χ1) is 6.56. The Hall–Kier alpha value is -0.610. The normalized spacial score (nSPS) is 15.1. The van der Waals surface area contributed by atoms with E-state index in [1.54, 1.807) is 6.92 Å². The van der Waals surface area contributed by atoms with Crippen LogP contribution in [0.2, 0.25) is 0 Å². The van der Waals surface area contributed by atoms with Gasteiger partial charge in [-0.1, -0.05) is 13.8 Å². The lowest BCUT2D eigenvalue weighted by atomic mass is 9.92. The predicted octanol–water partition coefficient (Wildman–Crippen LogP) is 1.39. The maximum absolute atomic E-state index is 10.8. The molecule has 0 aromatic carbocycles. The Balaban J connectivity index is 3.68. The molecule has 0 amide bonds. The molecule has 0 bridgehead atoms. The second kappa shape index (κ2) is 6.79. The zero-order valence-electron chi connectivity index (χ0n) is 9.08. The zero-order chi connectivity index (χ0) is 11.0. The molecule has 0 saturated carbocycles. The van der Waals surface area contributed by atoms with Crippen molar-refractivity contribution in [2.75, 3.05) is 13.2 Å². The van der Waals surface area contributed by atoms with Crippen molar-refractivity contribution in [2.45, 2.75) is 45.1 Å². The highest BCUT2D eigenvalue weighted by atomic mass is 16.5. The molecule has 4 nitrogen and oxygen atoms in total. The quantitative estimate of drug-likeness (QED) is 0.585. The van der Waals surface area contributed by atoms with Gasteiger partial charge in [0.05, 0.1) is 0 Å². The number of ether oxygens (including phenoxy) is 1. The van der Waals surface area contributed by atoms with E-state index in [9.17, 15) is 4.79 Å². The summed E-state index contributed by atoms with van der Waals surface area (Å²) < 4.78 is 5.25. The number of carboxylic acids is 1. The highest BCUT2D eigenvalue weighted by Gasteiger charge is 2.30. The molecule has 1 atom stereocenters. The number of carbonyl (C=O) groups is 1. The Morgan fingerprint density at radius 3 is 2.50 bits per heavy atom. The fourth-order valence-corrected chi connectivity index (χ4v) is 1.17. The number of rotatable bonds is 8. The van der Waals surface area contributed by atoms with Crippen molar-refractivity contribution in [1.29, 1.82) is 0 Å². The topological polar surface area (TPSA) is 72.5 Å². The van der Waals surface area contributed by atoms with E-state index < -0.39 is 11.5 Å². The van der Waals surface area contributed by atoms with Crippen molar-refractivity contribution in [2.24, 2.45) is 5.73 Å². The summed E-state index contributed by atoms with van der Waals surface area (Å²) >= 11 is 0. The Labute approximate surface area is 85.4 Å². The van der Waals surface area contributed by atoms with Crippen LogP contribution in [0.1, 0.15) is 39.5 Å². The fourth-order valence-electron chi connectivity index (χ4n) is 1.17. The summed E-state index contributed by atoms with van der Waals surface area (Å²) in [7, 11) is 0. The molecular formula is C10H21NO3. The SMILES string of the molecule is CCCOCCCC(N)(CC)C(=O)O. The van der Waals surface area contributed by atoms with E-state index in [2.05, 4.69) is 0 Å². The zero-order valence-corrected chi connectivity index (χ0v) is 9.08. The molecule has 3 N–H and O–H groups in total. The summed E-state index contributed by atoms with van der Waals surface area (Å²) in [5.74, 6) is -0.921. The first kappa shape index (κ1) is 13.4. The summed E-state index contributed by atoms with van der Waals surface area (Å²) in [6.07, 6.45) is 2.62. The Morgan fingerprint density at radius 2 is 2.07 bits per heavy atom. The molecule has 14 heavy (non-hydrogen) atoms. The first-order valence-corrected chi connectivity index (χ1v) is 5.17. The summed E-state index contributed by atoms with van der Waals surface area (Å²) in [4.78, 5) is 10.8. The van der Waals surface area contributed by atoms with Gasteiger partial charge in [-0.15, -0.1) is 0 Å². The average molecular weight is 203 g/mol. The lowest BCUT2D eigenvalue weighted by Gasteiger charge is -2.22. The van der Waals surface area contributed by atoms with E-state index in [0.717, 1.165) is 13.0 Å². The second-order valence-corrected chi connectivity index (χ2v) is 3.53. The van der Waals surface area contributed by atoms with Gasteiger partial charge in [0.25, 0.3) is 0 Å². The van der Waals surface area contributed by atoms with E-state index >= 15 is 0 Å². The van der Waals surface area contributed by atoms with E-state index in [0.29, 0.717) is 25.9 Å². The van der Waals surface area contributed by atoms with Crippen molar-refractivity contribution in [3.8, 4) is 0 Å². The van der Waals surface area contributed by atoms with Gasteiger partial charge >= 0.3 is 5.97 Å². The van der Waals surface area contributed by atoms with Crippen molar-refractivity contribution in [1.82, 2.24) is 0 Å². The van der Waals surface area contributed by atoms with Crippen LogP contribution in [-0.4, -0.2) is 29.8 Å². The first-order valence-electron chi connectivity index (χ1n) is 5.17. The molecule has 0 aromatic rings. The van der Waals surface area contributed by atoms with Crippen LogP contribution < -0.4 is 5.73 Å². The number of hydrogen-bond donors (Lipinski definition) is 2. The predicted molar refractivity (Wildman–Crippen MR) is 55.2 cm³/mol. The molecule has 0 aliphatic heterocycles. The third-order valence-corrected chi connectivity index (χ3v) is 2.32. The fraction of sp³-hybridized carbons (Fsp3) is 0.900. The molecule has 0 fully saturated rings. The van der Waals surface area contributed by atoms with Crippen LogP contribution in [0.3, 0.4) is 0 Å². The third-order valence-electron chi connectivity index (χ3n) is 2.32. The second-order valence-electron chi connectivity index (χ2n) is 3.53. The minimum absolute atomic E-state index is 0.454. The summed E-state index contributed by atoms with van der Waals surface area (Å²) in [5.41, 5.74) is 4.63. The summed E-state index contributed by atoms with van der Waals surface area (Å²) in [5, 5.41) is 8.87. The van der Waals surface area contributed by atoms with Gasteiger partial charge in [0.1, 0.15) is 5.54 Å². The van der Waals surface area contributed by atoms with Crippen LogP contribution >= 0.6 is 0 Å². The van der Waals surface area contributed by atoms with Crippen molar-refractivity contribution >= 4 is 5.97 Å². The van der Waals surface area contributed by atoms with Crippen molar-refractivity contribution < 1.29 is 14.6 Å². The summed E-state index contributed by atoms with van der Waals surface area (Å²) in [6.45, 7) is 5.16. The van der Waals surface area contributed by atoms with Gasteiger partial charge in [0.2, 0.25) is 0 Å². The molecule has 0 radical (unpaired) electrons. The number of aliphatic carboxylic acids is 1. The number of carboxylic acid groups (broad SMARTS) is 1. The lowest BCUT2D eigenvalue weighted by Crippen LogP contribution is -2.47. The van der Waals surface area contributed by atoms with E-state index in [1.807, 2.05) is 6.92 Å². The molecule has 84 valence electrons. The molecule has 4 heteroatoms. The van der Waals surface area contributed by atoms with Gasteiger partial charge < -0.3 is 15.6 Å². The minimum Gasteiger partial charge on any atom is -0.480 e. The monoisotopic (exact) mass is 203 g/mol. The lowest BCUT2D eigenvalue weighted by molar-refractivity contribution is -0.143. The molecule has 0 saturated heterocycles. The molecule has 0 rings (SSSR count). The standard InChI is InChI=1S/C10H21NO3/c1-3-7-14-8-5-6-10(11,4-2)9(12)13/h3-8,11H2,1-2H3,(H,12,13). The van der Waals surface area contributed by atoms with Gasteiger partial charge in [0.15, 0.2) is 0 Å². The van der Waals surface area contributed by atoms with Crippen molar-refractivity contribution in [3.63, 3.8) is 0 Å². The molecule has 0 spiro atoms. The van der Waals surface area contributed by atoms with E-state index in [4.69, 9.17) is 15.6 Å². The van der Waals surface area contributed by atoms with Gasteiger partial charge in [-0.3, -0.25) is 4.79 Å². The van der Waals surface area contributed by atoms with Gasteiger partial charge in [0, 0.05) is 13.2 Å². The van der Waals surface area contributed by atoms with Crippen molar-refractivity contribution in [3.05, 3.63) is 0 Å². The smallest absolute Gasteiger partial charge is 0.323 e. The van der Waals surface area contributed by atoms with E-state index in [1.165, 1.54) is 0 Å². The van der Waals surface area contributed by atoms with E-state index in [-0.39, 0.29) is 0 Å². The highest BCUT2D eigenvalue weighted by molar-refractivity contribution is 5.78. The average Bonchev–Trinajstić information content (AvgIpc) is 2.17. The summed E-state index contributed by atoms with van der Waals surface area (Å²) in [6, 6.07) is 0. The van der Waals surface area contributed by atoms with Crippen LogP contribution in [0.4, 0.5) is 0 Å². The van der Waals surface area contributed by atoms with Crippen LogP contribution in [0.25, 0.3) is 0 Å². The number of nitrogens with two attached hydrogens (primary N) is 1. The van der Waals surface area contributed by atoms with Gasteiger partial charge in [-0.05, 0) is 25.7 Å². The maximum Gasteiger partial charge on any atom is 0.323 e. The maximum atomic E-state index is 10.8. The van der Waals surface area contributed by atoms with Crippen LogP contribution in [0.5, 0.6) is 0 Å². The Bertz CT molecular complexity index is 173. The van der Waals surface area contributed by atoms with Crippen LogP contribution in [0.15, 0.2) is 0 Å². The molecule has 0 aliphatic rings. The Kier molecular flexibility index (Phi) is 6.49. The largest absolute Gasteiger partial charge is 0.480 e. The highest BCUT2D eigenvalue weighted by Crippen LogP contribution is 2.14.